The number of aromatic carboxylic acids is 1. The summed E-state index contributed by atoms with van der Waals surface area (Å²) in [6.07, 6.45) is 0. The first kappa shape index (κ1) is 9.85. The Morgan fingerprint density at radius 2 is 2.14 bits per heavy atom. The molecule has 0 radical (unpaired) electrons. The van der Waals surface area contributed by atoms with Crippen molar-refractivity contribution in [1.29, 1.82) is 0 Å². The molecule has 1 heterocycles. The SMILES string of the molecule is O=C(O)c1cc2c(F)cc(I)cc2s1. The maximum Gasteiger partial charge on any atom is 0.345 e. The van der Waals surface area contributed by atoms with Crippen LogP contribution in [0.1, 0.15) is 9.67 Å². The van der Waals surface area contributed by atoms with Crippen LogP contribution in [0.4, 0.5) is 4.39 Å². The van der Waals surface area contributed by atoms with Crippen LogP contribution in [0, 0.1) is 9.39 Å². The molecule has 0 spiro atoms. The van der Waals surface area contributed by atoms with Crippen molar-refractivity contribution in [1.82, 2.24) is 0 Å². The Hall–Kier alpha value is -0.690. The molecule has 0 fully saturated rings. The molecule has 0 saturated carbocycles. The molecule has 1 N–H and O–H groups in total. The maximum absolute atomic E-state index is 13.3. The highest BCUT2D eigenvalue weighted by Crippen LogP contribution is 2.29. The zero-order valence-corrected chi connectivity index (χ0v) is 9.73. The van der Waals surface area contributed by atoms with E-state index in [0.717, 1.165) is 14.9 Å². The summed E-state index contributed by atoms with van der Waals surface area (Å²) in [4.78, 5) is 10.8. The van der Waals surface area contributed by atoms with E-state index in [1.165, 1.54) is 12.1 Å². The first-order valence-electron chi connectivity index (χ1n) is 3.70. The van der Waals surface area contributed by atoms with Crippen molar-refractivity contribution in [3.05, 3.63) is 32.5 Å². The van der Waals surface area contributed by atoms with Crippen LogP contribution in [-0.2, 0) is 0 Å². The molecule has 2 aromatic rings. The third-order valence-electron chi connectivity index (χ3n) is 1.76. The second kappa shape index (κ2) is 3.47. The van der Waals surface area contributed by atoms with E-state index in [9.17, 15) is 9.18 Å². The Bertz CT molecular complexity index is 521. The second-order valence-corrected chi connectivity index (χ2v) is 5.04. The van der Waals surface area contributed by atoms with Crippen LogP contribution in [0.25, 0.3) is 10.1 Å². The third kappa shape index (κ3) is 1.61. The minimum Gasteiger partial charge on any atom is -0.477 e. The van der Waals surface area contributed by atoms with E-state index in [4.69, 9.17) is 5.11 Å². The highest BCUT2D eigenvalue weighted by molar-refractivity contribution is 14.1. The van der Waals surface area contributed by atoms with Crippen molar-refractivity contribution in [2.75, 3.05) is 0 Å². The quantitative estimate of drug-likeness (QED) is 0.818. The Kier molecular flexibility index (Phi) is 2.44. The molecular weight excluding hydrogens is 318 g/mol. The first-order valence-corrected chi connectivity index (χ1v) is 5.59. The van der Waals surface area contributed by atoms with Crippen LogP contribution in [0.3, 0.4) is 0 Å². The summed E-state index contributed by atoms with van der Waals surface area (Å²) < 4.78 is 14.8. The molecule has 0 atom stereocenters. The molecular formula is C9H4FIO2S. The lowest BCUT2D eigenvalue weighted by atomic mass is 10.2. The molecule has 72 valence electrons. The van der Waals surface area contributed by atoms with Gasteiger partial charge in [-0.1, -0.05) is 0 Å². The highest BCUT2D eigenvalue weighted by Gasteiger charge is 2.11. The molecule has 0 bridgehead atoms. The zero-order chi connectivity index (χ0) is 10.3. The average Bonchev–Trinajstić information content (AvgIpc) is 2.47. The van der Waals surface area contributed by atoms with E-state index >= 15 is 0 Å². The predicted molar refractivity (Wildman–Crippen MR) is 61.5 cm³/mol. The number of carbonyl (C=O) groups is 1. The van der Waals surface area contributed by atoms with Gasteiger partial charge in [0.25, 0.3) is 0 Å². The van der Waals surface area contributed by atoms with Crippen molar-refractivity contribution < 1.29 is 14.3 Å². The number of rotatable bonds is 1. The van der Waals surface area contributed by atoms with Crippen molar-refractivity contribution in [2.45, 2.75) is 0 Å². The molecule has 0 aliphatic carbocycles. The van der Waals surface area contributed by atoms with Gasteiger partial charge in [-0.3, -0.25) is 0 Å². The van der Waals surface area contributed by atoms with Gasteiger partial charge in [-0.25, -0.2) is 9.18 Å². The van der Waals surface area contributed by atoms with Crippen LogP contribution in [0.2, 0.25) is 0 Å². The van der Waals surface area contributed by atoms with Gasteiger partial charge < -0.3 is 5.11 Å². The fourth-order valence-corrected chi connectivity index (χ4v) is 2.92. The van der Waals surface area contributed by atoms with Gasteiger partial charge in [0.2, 0.25) is 0 Å². The van der Waals surface area contributed by atoms with Crippen LogP contribution in [0.15, 0.2) is 18.2 Å². The van der Waals surface area contributed by atoms with Crippen LogP contribution >= 0.6 is 33.9 Å². The Labute approximate surface area is 96.5 Å². The number of halogens is 2. The van der Waals surface area contributed by atoms with Gasteiger partial charge in [0.15, 0.2) is 0 Å². The molecule has 0 aliphatic rings. The lowest BCUT2D eigenvalue weighted by Gasteiger charge is -1.92. The summed E-state index contributed by atoms with van der Waals surface area (Å²) >= 11 is 3.09. The highest BCUT2D eigenvalue weighted by atomic mass is 127. The topological polar surface area (TPSA) is 37.3 Å². The second-order valence-electron chi connectivity index (χ2n) is 2.72. The fourth-order valence-electron chi connectivity index (χ4n) is 1.17. The van der Waals surface area contributed by atoms with Gasteiger partial charge in [-0.15, -0.1) is 11.3 Å². The third-order valence-corrected chi connectivity index (χ3v) is 3.46. The molecule has 14 heavy (non-hydrogen) atoms. The van der Waals surface area contributed by atoms with Gasteiger partial charge in [0.05, 0.1) is 0 Å². The molecule has 0 aliphatic heterocycles. The number of carboxylic acid groups (broad SMARTS) is 1. The lowest BCUT2D eigenvalue weighted by Crippen LogP contribution is -1.89. The molecule has 0 amide bonds. The van der Waals surface area contributed by atoms with Gasteiger partial charge >= 0.3 is 5.97 Å². The van der Waals surface area contributed by atoms with Crippen LogP contribution < -0.4 is 0 Å². The smallest absolute Gasteiger partial charge is 0.345 e. The van der Waals surface area contributed by atoms with E-state index in [0.29, 0.717) is 10.1 Å². The fraction of sp³-hybridized carbons (Fsp3) is 0. The molecule has 0 saturated heterocycles. The number of hydrogen-bond acceptors (Lipinski definition) is 2. The summed E-state index contributed by atoms with van der Waals surface area (Å²) in [5.74, 6) is -1.38. The number of hydrogen-bond donors (Lipinski definition) is 1. The van der Waals surface area contributed by atoms with Crippen molar-refractivity contribution in [2.24, 2.45) is 0 Å². The number of thiophene rings is 1. The van der Waals surface area contributed by atoms with Crippen LogP contribution in [-0.4, -0.2) is 11.1 Å². The maximum atomic E-state index is 13.3. The van der Waals surface area contributed by atoms with E-state index in [1.54, 1.807) is 6.07 Å². The van der Waals surface area contributed by atoms with E-state index in [2.05, 4.69) is 0 Å². The minimum absolute atomic E-state index is 0.168. The summed E-state index contributed by atoms with van der Waals surface area (Å²) in [7, 11) is 0. The lowest BCUT2D eigenvalue weighted by molar-refractivity contribution is 0.0702. The molecule has 5 heteroatoms. The molecule has 1 aromatic heterocycles. The molecule has 0 unspecified atom stereocenters. The molecule has 2 rings (SSSR count). The minimum atomic E-state index is -1.01. The average molecular weight is 322 g/mol. The predicted octanol–water partition coefficient (Wildman–Crippen LogP) is 3.34. The monoisotopic (exact) mass is 322 g/mol. The Balaban J connectivity index is 2.76. The molecule has 2 nitrogen and oxygen atoms in total. The Morgan fingerprint density at radius 1 is 1.43 bits per heavy atom. The first-order chi connectivity index (χ1) is 6.58. The van der Waals surface area contributed by atoms with Crippen LogP contribution in [0.5, 0.6) is 0 Å². The van der Waals surface area contributed by atoms with E-state index < -0.39 is 5.97 Å². The van der Waals surface area contributed by atoms with Crippen molar-refractivity contribution in [3.63, 3.8) is 0 Å². The largest absolute Gasteiger partial charge is 0.477 e. The Morgan fingerprint density at radius 3 is 2.79 bits per heavy atom. The number of fused-ring (bicyclic) bond motifs is 1. The van der Waals surface area contributed by atoms with Crippen molar-refractivity contribution >= 4 is 50.0 Å². The van der Waals surface area contributed by atoms with Gasteiger partial charge in [-0.05, 0) is 40.8 Å². The summed E-state index contributed by atoms with van der Waals surface area (Å²) in [6, 6.07) is 4.53. The summed E-state index contributed by atoms with van der Waals surface area (Å²) in [6.45, 7) is 0. The normalized spacial score (nSPS) is 10.7. The standard InChI is InChI=1S/C9H4FIO2S/c10-6-1-4(11)2-7-5(6)3-8(14-7)9(12)13/h1-3H,(H,12,13). The summed E-state index contributed by atoms with van der Waals surface area (Å²) in [5, 5.41) is 9.11. The van der Waals surface area contributed by atoms with Gasteiger partial charge in [0.1, 0.15) is 10.7 Å². The summed E-state index contributed by atoms with van der Waals surface area (Å²) in [5.41, 5.74) is 0. The van der Waals surface area contributed by atoms with Crippen molar-refractivity contribution in [3.8, 4) is 0 Å². The van der Waals surface area contributed by atoms with E-state index in [1.807, 2.05) is 22.6 Å². The van der Waals surface area contributed by atoms with Gasteiger partial charge in [0, 0.05) is 13.7 Å². The number of carboxylic acids is 1. The van der Waals surface area contributed by atoms with Gasteiger partial charge in [-0.2, -0.15) is 0 Å². The number of benzene rings is 1. The molecule has 1 aromatic carbocycles. The van der Waals surface area contributed by atoms with E-state index in [-0.39, 0.29) is 10.7 Å². The zero-order valence-electron chi connectivity index (χ0n) is 6.75.